The highest BCUT2D eigenvalue weighted by Crippen LogP contribution is 2.09. The predicted molar refractivity (Wildman–Crippen MR) is 74.9 cm³/mol. The molecule has 1 rings (SSSR count). The molecular weight excluding hydrogens is 228 g/mol. The molecule has 0 amide bonds. The standard InChI is InChI=1S/C13H28N4O/c1-13(2,18)11-17-9-7-16(8-10-17)6-4-3-5-12(14)15/h18H,3-11H2,1-2H3,(H3,14,15). The van der Waals surface area contributed by atoms with Crippen LogP contribution in [-0.2, 0) is 0 Å². The van der Waals surface area contributed by atoms with Crippen LogP contribution in [0.1, 0.15) is 33.1 Å². The van der Waals surface area contributed by atoms with Gasteiger partial charge in [-0.25, -0.2) is 0 Å². The summed E-state index contributed by atoms with van der Waals surface area (Å²) in [6, 6.07) is 0. The van der Waals surface area contributed by atoms with Crippen LogP contribution in [-0.4, -0.2) is 65.6 Å². The van der Waals surface area contributed by atoms with Crippen molar-refractivity contribution in [3.05, 3.63) is 0 Å². The molecule has 0 aromatic heterocycles. The zero-order valence-corrected chi connectivity index (χ0v) is 11.8. The molecule has 0 aliphatic carbocycles. The van der Waals surface area contributed by atoms with E-state index in [-0.39, 0.29) is 0 Å². The Bertz CT molecular complexity index is 254. The van der Waals surface area contributed by atoms with Crippen LogP contribution in [0.5, 0.6) is 0 Å². The van der Waals surface area contributed by atoms with Crippen molar-refractivity contribution in [2.75, 3.05) is 39.3 Å². The number of β-amino-alcohol motifs (C(OH)–C–C–N with tert-alkyl or cyclic N) is 1. The Morgan fingerprint density at radius 3 is 2.22 bits per heavy atom. The van der Waals surface area contributed by atoms with Crippen molar-refractivity contribution in [2.45, 2.75) is 38.7 Å². The first kappa shape index (κ1) is 15.4. The third kappa shape index (κ3) is 6.93. The van der Waals surface area contributed by atoms with Crippen molar-refractivity contribution >= 4 is 5.84 Å². The van der Waals surface area contributed by atoms with Crippen LogP contribution in [0.4, 0.5) is 0 Å². The minimum absolute atomic E-state index is 0.296. The van der Waals surface area contributed by atoms with Crippen LogP contribution in [0.3, 0.4) is 0 Å². The summed E-state index contributed by atoms with van der Waals surface area (Å²) in [7, 11) is 0. The van der Waals surface area contributed by atoms with Gasteiger partial charge in [0.25, 0.3) is 0 Å². The maximum absolute atomic E-state index is 9.77. The number of unbranched alkanes of at least 4 members (excludes halogenated alkanes) is 1. The third-order valence-electron chi connectivity index (χ3n) is 3.25. The summed E-state index contributed by atoms with van der Waals surface area (Å²) in [6.07, 6.45) is 2.85. The fourth-order valence-corrected chi connectivity index (χ4v) is 2.37. The SMILES string of the molecule is CC(C)(O)CN1CCN(CCCCC(=N)N)CC1. The van der Waals surface area contributed by atoms with E-state index in [0.29, 0.717) is 5.84 Å². The summed E-state index contributed by atoms with van der Waals surface area (Å²) < 4.78 is 0. The van der Waals surface area contributed by atoms with Crippen LogP contribution in [0.15, 0.2) is 0 Å². The number of nitrogens with zero attached hydrogens (tertiary/aromatic N) is 2. The second kappa shape index (κ2) is 7.07. The first-order chi connectivity index (χ1) is 8.37. The van der Waals surface area contributed by atoms with Gasteiger partial charge in [-0.1, -0.05) is 0 Å². The van der Waals surface area contributed by atoms with Crippen LogP contribution in [0.25, 0.3) is 0 Å². The number of hydrogen-bond acceptors (Lipinski definition) is 4. The topological polar surface area (TPSA) is 76.6 Å². The van der Waals surface area contributed by atoms with E-state index in [0.717, 1.165) is 58.5 Å². The van der Waals surface area contributed by atoms with Gasteiger partial charge in [0.1, 0.15) is 0 Å². The normalized spacial score (nSPS) is 19.1. The van der Waals surface area contributed by atoms with E-state index >= 15 is 0 Å². The van der Waals surface area contributed by atoms with Crippen molar-refractivity contribution in [2.24, 2.45) is 5.73 Å². The molecule has 4 N–H and O–H groups in total. The highest BCUT2D eigenvalue weighted by atomic mass is 16.3. The maximum Gasteiger partial charge on any atom is 0.0905 e. The van der Waals surface area contributed by atoms with Gasteiger partial charge in [0.15, 0.2) is 0 Å². The zero-order valence-electron chi connectivity index (χ0n) is 11.8. The van der Waals surface area contributed by atoms with E-state index in [1.807, 2.05) is 13.8 Å². The van der Waals surface area contributed by atoms with E-state index in [1.54, 1.807) is 0 Å². The lowest BCUT2D eigenvalue weighted by Crippen LogP contribution is -2.50. The molecule has 1 heterocycles. The number of nitrogens with two attached hydrogens (primary N) is 1. The molecule has 106 valence electrons. The molecule has 1 aliphatic heterocycles. The quantitative estimate of drug-likeness (QED) is 0.352. The Hall–Kier alpha value is -0.650. The number of nitrogens with one attached hydrogen (secondary N) is 1. The first-order valence-electron chi connectivity index (χ1n) is 6.87. The molecular formula is C13H28N4O. The number of piperazine rings is 1. The molecule has 0 aromatic rings. The van der Waals surface area contributed by atoms with Crippen molar-refractivity contribution in [1.29, 1.82) is 5.41 Å². The molecule has 1 fully saturated rings. The van der Waals surface area contributed by atoms with E-state index in [9.17, 15) is 5.11 Å². The Morgan fingerprint density at radius 2 is 1.72 bits per heavy atom. The van der Waals surface area contributed by atoms with Crippen molar-refractivity contribution in [3.8, 4) is 0 Å². The fourth-order valence-electron chi connectivity index (χ4n) is 2.37. The highest BCUT2D eigenvalue weighted by Gasteiger charge is 2.22. The summed E-state index contributed by atoms with van der Waals surface area (Å²) in [4.78, 5) is 4.78. The summed E-state index contributed by atoms with van der Waals surface area (Å²) in [5, 5.41) is 16.9. The molecule has 1 saturated heterocycles. The Morgan fingerprint density at radius 1 is 1.17 bits per heavy atom. The molecule has 18 heavy (non-hydrogen) atoms. The van der Waals surface area contributed by atoms with Crippen LogP contribution in [0, 0.1) is 5.41 Å². The molecule has 0 atom stereocenters. The molecule has 0 unspecified atom stereocenters. The van der Waals surface area contributed by atoms with Crippen molar-refractivity contribution < 1.29 is 5.11 Å². The van der Waals surface area contributed by atoms with E-state index in [2.05, 4.69) is 9.80 Å². The van der Waals surface area contributed by atoms with Gasteiger partial charge in [0.05, 0.1) is 11.4 Å². The zero-order chi connectivity index (χ0) is 13.6. The third-order valence-corrected chi connectivity index (χ3v) is 3.25. The smallest absolute Gasteiger partial charge is 0.0905 e. The average molecular weight is 256 g/mol. The summed E-state index contributed by atoms with van der Waals surface area (Å²) in [6.45, 7) is 9.82. The molecule has 0 bridgehead atoms. The Kier molecular flexibility index (Phi) is 6.05. The molecule has 5 heteroatoms. The van der Waals surface area contributed by atoms with Gasteiger partial charge >= 0.3 is 0 Å². The summed E-state index contributed by atoms with van der Waals surface area (Å²) >= 11 is 0. The second-order valence-electron chi connectivity index (χ2n) is 5.91. The molecule has 5 nitrogen and oxygen atoms in total. The first-order valence-corrected chi connectivity index (χ1v) is 6.87. The van der Waals surface area contributed by atoms with Gasteiger partial charge in [-0.05, 0) is 33.2 Å². The van der Waals surface area contributed by atoms with E-state index in [4.69, 9.17) is 11.1 Å². The van der Waals surface area contributed by atoms with Gasteiger partial charge in [-0.15, -0.1) is 0 Å². The van der Waals surface area contributed by atoms with Gasteiger partial charge in [0, 0.05) is 39.1 Å². The molecule has 0 radical (unpaired) electrons. The lowest BCUT2D eigenvalue weighted by Gasteiger charge is -2.37. The Labute approximate surface area is 110 Å². The van der Waals surface area contributed by atoms with Crippen molar-refractivity contribution in [1.82, 2.24) is 9.80 Å². The second-order valence-corrected chi connectivity index (χ2v) is 5.91. The summed E-state index contributed by atoms with van der Waals surface area (Å²) in [5.74, 6) is 0.296. The lowest BCUT2D eigenvalue weighted by atomic mass is 10.1. The lowest BCUT2D eigenvalue weighted by molar-refractivity contribution is 0.0176. The van der Waals surface area contributed by atoms with E-state index in [1.165, 1.54) is 0 Å². The highest BCUT2D eigenvalue weighted by molar-refractivity contribution is 5.76. The molecule has 0 saturated carbocycles. The van der Waals surface area contributed by atoms with Gasteiger partial charge in [-0.2, -0.15) is 0 Å². The molecule has 0 spiro atoms. The number of amidine groups is 1. The van der Waals surface area contributed by atoms with Crippen molar-refractivity contribution in [3.63, 3.8) is 0 Å². The molecule has 1 aliphatic rings. The minimum Gasteiger partial charge on any atom is -0.389 e. The average Bonchev–Trinajstić information content (AvgIpc) is 2.24. The maximum atomic E-state index is 9.77. The number of hydrogen-bond donors (Lipinski definition) is 3. The fraction of sp³-hybridized carbons (Fsp3) is 0.923. The monoisotopic (exact) mass is 256 g/mol. The Balaban J connectivity index is 2.10. The summed E-state index contributed by atoms with van der Waals surface area (Å²) in [5.41, 5.74) is 4.73. The van der Waals surface area contributed by atoms with Crippen LogP contribution < -0.4 is 5.73 Å². The van der Waals surface area contributed by atoms with Gasteiger partial charge in [-0.3, -0.25) is 10.3 Å². The minimum atomic E-state index is -0.594. The van der Waals surface area contributed by atoms with Crippen LogP contribution >= 0.6 is 0 Å². The number of aliphatic hydroxyl groups is 1. The predicted octanol–water partition coefficient (Wildman–Crippen LogP) is 0.481. The van der Waals surface area contributed by atoms with E-state index < -0.39 is 5.60 Å². The van der Waals surface area contributed by atoms with Gasteiger partial charge < -0.3 is 15.7 Å². The van der Waals surface area contributed by atoms with Crippen LogP contribution in [0.2, 0.25) is 0 Å². The molecule has 0 aromatic carbocycles. The number of rotatable bonds is 7. The largest absolute Gasteiger partial charge is 0.389 e. The van der Waals surface area contributed by atoms with Gasteiger partial charge in [0.2, 0.25) is 0 Å².